The van der Waals surface area contributed by atoms with Gasteiger partial charge < -0.3 is 19.5 Å². The predicted molar refractivity (Wildman–Crippen MR) is 81.7 cm³/mol. The first-order valence-corrected chi connectivity index (χ1v) is 7.95. The predicted octanol–water partition coefficient (Wildman–Crippen LogP) is 0.933. The lowest BCUT2D eigenvalue weighted by Gasteiger charge is -2.35. The first-order valence-electron chi connectivity index (χ1n) is 7.95. The molecule has 1 unspecified atom stereocenters. The number of furan rings is 1. The minimum atomic E-state index is -0.0268. The first kappa shape index (κ1) is 15.1. The molecule has 2 fully saturated rings. The number of piperazine rings is 1. The zero-order valence-corrected chi connectivity index (χ0v) is 13.2. The molecule has 2 amide bonds. The smallest absolute Gasteiger partial charge is 0.257 e. The third-order valence-electron chi connectivity index (χ3n) is 4.51. The Morgan fingerprint density at radius 2 is 1.86 bits per heavy atom. The number of hydrogen-bond donors (Lipinski definition) is 1. The Bertz CT molecular complexity index is 567. The molecule has 6 heteroatoms. The van der Waals surface area contributed by atoms with Crippen molar-refractivity contribution in [2.75, 3.05) is 32.7 Å². The average Bonchev–Trinajstić information content (AvgIpc) is 3.15. The van der Waals surface area contributed by atoms with Gasteiger partial charge in [-0.15, -0.1) is 0 Å². The highest BCUT2D eigenvalue weighted by Crippen LogP contribution is 2.18. The summed E-state index contributed by atoms with van der Waals surface area (Å²) in [5.74, 6) is 1.60. The molecule has 1 atom stereocenters. The van der Waals surface area contributed by atoms with E-state index in [9.17, 15) is 9.59 Å². The Kier molecular flexibility index (Phi) is 4.20. The summed E-state index contributed by atoms with van der Waals surface area (Å²) in [5.41, 5.74) is 0.634. The number of carbonyl (C=O) groups is 2. The largest absolute Gasteiger partial charge is 0.466 e. The molecule has 22 heavy (non-hydrogen) atoms. The van der Waals surface area contributed by atoms with E-state index in [0.717, 1.165) is 25.1 Å². The Morgan fingerprint density at radius 3 is 2.41 bits per heavy atom. The van der Waals surface area contributed by atoms with Crippen LogP contribution in [-0.2, 0) is 4.79 Å². The van der Waals surface area contributed by atoms with Gasteiger partial charge in [-0.2, -0.15) is 0 Å². The minimum absolute atomic E-state index is 0.000408. The van der Waals surface area contributed by atoms with Gasteiger partial charge in [-0.1, -0.05) is 0 Å². The number of aryl methyl sites for hydroxylation is 2. The Hall–Kier alpha value is -1.82. The SMILES string of the molecule is Cc1cc(C(=O)N2CCN(C(=O)C3CCCN3)CC2)c(C)o1. The van der Waals surface area contributed by atoms with Gasteiger partial charge in [0.1, 0.15) is 11.5 Å². The van der Waals surface area contributed by atoms with Crippen molar-refractivity contribution in [3.8, 4) is 0 Å². The summed E-state index contributed by atoms with van der Waals surface area (Å²) in [4.78, 5) is 28.6. The lowest BCUT2D eigenvalue weighted by Crippen LogP contribution is -2.54. The van der Waals surface area contributed by atoms with Gasteiger partial charge in [-0.25, -0.2) is 0 Å². The normalized spacial score (nSPS) is 22.2. The highest BCUT2D eigenvalue weighted by Gasteiger charge is 2.31. The average molecular weight is 305 g/mol. The van der Waals surface area contributed by atoms with Crippen molar-refractivity contribution in [1.82, 2.24) is 15.1 Å². The molecular formula is C16H23N3O3. The van der Waals surface area contributed by atoms with E-state index in [4.69, 9.17) is 4.42 Å². The first-order chi connectivity index (χ1) is 10.6. The summed E-state index contributed by atoms with van der Waals surface area (Å²) in [7, 11) is 0. The molecule has 2 aliphatic heterocycles. The summed E-state index contributed by atoms with van der Waals surface area (Å²) in [6.45, 7) is 6.97. The van der Waals surface area contributed by atoms with Crippen LogP contribution in [0.2, 0.25) is 0 Å². The van der Waals surface area contributed by atoms with Crippen molar-refractivity contribution >= 4 is 11.8 Å². The van der Waals surface area contributed by atoms with Crippen LogP contribution in [0.15, 0.2) is 10.5 Å². The number of carbonyl (C=O) groups excluding carboxylic acids is 2. The zero-order chi connectivity index (χ0) is 15.7. The van der Waals surface area contributed by atoms with Crippen molar-refractivity contribution in [3.05, 3.63) is 23.2 Å². The van der Waals surface area contributed by atoms with Gasteiger partial charge in [0.15, 0.2) is 0 Å². The Balaban J connectivity index is 1.58. The van der Waals surface area contributed by atoms with Crippen LogP contribution in [0.3, 0.4) is 0 Å². The summed E-state index contributed by atoms with van der Waals surface area (Å²) >= 11 is 0. The molecule has 3 rings (SSSR count). The molecule has 2 aliphatic rings. The van der Waals surface area contributed by atoms with Crippen molar-refractivity contribution in [2.24, 2.45) is 0 Å². The maximum absolute atomic E-state index is 12.5. The highest BCUT2D eigenvalue weighted by atomic mass is 16.3. The van der Waals surface area contributed by atoms with Crippen molar-refractivity contribution in [1.29, 1.82) is 0 Å². The van der Waals surface area contributed by atoms with Crippen LogP contribution in [0.4, 0.5) is 0 Å². The van der Waals surface area contributed by atoms with Crippen molar-refractivity contribution < 1.29 is 14.0 Å². The van der Waals surface area contributed by atoms with Crippen molar-refractivity contribution in [2.45, 2.75) is 32.7 Å². The summed E-state index contributed by atoms with van der Waals surface area (Å²) in [6.07, 6.45) is 1.99. The molecule has 0 aromatic carbocycles. The Morgan fingerprint density at radius 1 is 1.18 bits per heavy atom. The molecule has 1 aromatic heterocycles. The van der Waals surface area contributed by atoms with Crippen LogP contribution in [0.25, 0.3) is 0 Å². The van der Waals surface area contributed by atoms with E-state index in [2.05, 4.69) is 5.32 Å². The summed E-state index contributed by atoms with van der Waals surface area (Å²) in [5, 5.41) is 3.24. The molecule has 1 aromatic rings. The lowest BCUT2D eigenvalue weighted by molar-refractivity contribution is -0.134. The van der Waals surface area contributed by atoms with E-state index in [-0.39, 0.29) is 17.9 Å². The maximum atomic E-state index is 12.5. The van der Waals surface area contributed by atoms with Crippen LogP contribution in [0.5, 0.6) is 0 Å². The van der Waals surface area contributed by atoms with Gasteiger partial charge in [-0.3, -0.25) is 9.59 Å². The van der Waals surface area contributed by atoms with Crippen LogP contribution in [0, 0.1) is 13.8 Å². The second-order valence-corrected chi connectivity index (χ2v) is 6.09. The van der Waals surface area contributed by atoms with Crippen molar-refractivity contribution in [3.63, 3.8) is 0 Å². The second kappa shape index (κ2) is 6.12. The van der Waals surface area contributed by atoms with E-state index < -0.39 is 0 Å². The molecule has 3 heterocycles. The van der Waals surface area contributed by atoms with E-state index in [0.29, 0.717) is 37.5 Å². The van der Waals surface area contributed by atoms with Gasteiger partial charge in [0.05, 0.1) is 11.6 Å². The van der Waals surface area contributed by atoms with Gasteiger partial charge in [0.2, 0.25) is 5.91 Å². The quantitative estimate of drug-likeness (QED) is 0.883. The number of rotatable bonds is 2. The molecular weight excluding hydrogens is 282 g/mol. The van der Waals surface area contributed by atoms with Gasteiger partial charge >= 0.3 is 0 Å². The van der Waals surface area contributed by atoms with Crippen LogP contribution in [-0.4, -0.2) is 60.4 Å². The molecule has 2 saturated heterocycles. The summed E-state index contributed by atoms with van der Waals surface area (Å²) < 4.78 is 5.43. The minimum Gasteiger partial charge on any atom is -0.466 e. The van der Waals surface area contributed by atoms with E-state index in [1.807, 2.05) is 23.6 Å². The Labute approximate surface area is 130 Å². The molecule has 120 valence electrons. The molecule has 0 bridgehead atoms. The zero-order valence-electron chi connectivity index (χ0n) is 13.2. The molecule has 0 saturated carbocycles. The summed E-state index contributed by atoms with van der Waals surface area (Å²) in [6, 6.07) is 1.76. The fraction of sp³-hybridized carbons (Fsp3) is 0.625. The van der Waals surface area contributed by atoms with Gasteiger partial charge in [0, 0.05) is 26.2 Å². The van der Waals surface area contributed by atoms with E-state index in [1.54, 1.807) is 6.07 Å². The number of nitrogens with one attached hydrogen (secondary N) is 1. The van der Waals surface area contributed by atoms with Crippen LogP contribution >= 0.6 is 0 Å². The molecule has 6 nitrogen and oxygen atoms in total. The second-order valence-electron chi connectivity index (χ2n) is 6.09. The lowest BCUT2D eigenvalue weighted by atomic mass is 10.1. The topological polar surface area (TPSA) is 65.8 Å². The number of amides is 2. The number of hydrogen-bond acceptors (Lipinski definition) is 4. The van der Waals surface area contributed by atoms with Gasteiger partial charge in [-0.05, 0) is 39.3 Å². The molecule has 0 spiro atoms. The third-order valence-corrected chi connectivity index (χ3v) is 4.51. The monoisotopic (exact) mass is 305 g/mol. The highest BCUT2D eigenvalue weighted by molar-refractivity contribution is 5.95. The fourth-order valence-electron chi connectivity index (χ4n) is 3.26. The van der Waals surface area contributed by atoms with Crippen LogP contribution in [0.1, 0.15) is 34.7 Å². The molecule has 1 N–H and O–H groups in total. The maximum Gasteiger partial charge on any atom is 0.257 e. The number of nitrogens with zero attached hydrogens (tertiary/aromatic N) is 2. The fourth-order valence-corrected chi connectivity index (χ4v) is 3.26. The van der Waals surface area contributed by atoms with Crippen LogP contribution < -0.4 is 5.32 Å². The third kappa shape index (κ3) is 2.88. The standard InChI is InChI=1S/C16H23N3O3/c1-11-10-13(12(2)22-11)15(20)18-6-8-19(9-7-18)16(21)14-4-3-5-17-14/h10,14,17H,3-9H2,1-2H3. The van der Waals surface area contributed by atoms with E-state index >= 15 is 0 Å². The van der Waals surface area contributed by atoms with Gasteiger partial charge in [0.25, 0.3) is 5.91 Å². The van der Waals surface area contributed by atoms with E-state index in [1.165, 1.54) is 0 Å². The molecule has 0 radical (unpaired) electrons. The molecule has 0 aliphatic carbocycles.